The first kappa shape index (κ1) is 51.0. The zero-order chi connectivity index (χ0) is 50.3. The maximum absolute atomic E-state index is 14.7. The summed E-state index contributed by atoms with van der Waals surface area (Å²) in [5, 5.41) is 5.61. The Bertz CT molecular complexity index is 2810. The van der Waals surface area contributed by atoms with Crippen molar-refractivity contribution in [2.24, 2.45) is 21.3 Å². The fourth-order valence-electron chi connectivity index (χ4n) is 9.81. The molecule has 5 aromatic rings. The Balaban J connectivity index is 1.20. The van der Waals surface area contributed by atoms with Crippen molar-refractivity contribution < 1.29 is 33.4 Å². The molecule has 370 valence electrons. The molecule has 2 aliphatic rings. The highest BCUT2D eigenvalue weighted by Crippen LogP contribution is 2.41. The van der Waals surface area contributed by atoms with E-state index in [9.17, 15) is 19.2 Å². The lowest BCUT2D eigenvalue weighted by atomic mass is 9.84. The van der Waals surface area contributed by atoms with Crippen LogP contribution in [-0.4, -0.2) is 108 Å². The molecule has 2 aromatic heterocycles. The molecule has 0 saturated carbocycles. The first-order chi connectivity index (χ1) is 33.6. The van der Waals surface area contributed by atoms with Gasteiger partial charge in [0.1, 0.15) is 35.3 Å². The van der Waals surface area contributed by atoms with Gasteiger partial charge < -0.3 is 29.0 Å². The number of aliphatic imine (C=N–C) groups is 2. The van der Waals surface area contributed by atoms with Gasteiger partial charge in [0.25, 0.3) is 5.91 Å². The number of nitrogens with zero attached hydrogens (tertiary/aromatic N) is 6. The van der Waals surface area contributed by atoms with Crippen molar-refractivity contribution in [3.8, 4) is 33.9 Å². The van der Waals surface area contributed by atoms with Crippen LogP contribution in [0.4, 0.5) is 5.69 Å². The number of esters is 1. The number of hydrogen-bond donors (Lipinski definition) is 2. The predicted molar refractivity (Wildman–Crippen MR) is 272 cm³/mol. The van der Waals surface area contributed by atoms with Crippen molar-refractivity contribution >= 4 is 46.3 Å². The van der Waals surface area contributed by atoms with Crippen LogP contribution in [-0.2, 0) is 49.7 Å². The van der Waals surface area contributed by atoms with Crippen LogP contribution < -0.4 is 20.2 Å². The number of hydrazine groups is 1. The largest absolute Gasteiger partial charge is 0.497 e. The summed E-state index contributed by atoms with van der Waals surface area (Å²) in [6, 6.07) is 20.2. The van der Waals surface area contributed by atoms with Crippen LogP contribution in [0.25, 0.3) is 33.3 Å². The van der Waals surface area contributed by atoms with Crippen molar-refractivity contribution in [3.63, 3.8) is 0 Å². The van der Waals surface area contributed by atoms with E-state index in [0.717, 1.165) is 57.4 Å². The van der Waals surface area contributed by atoms with Crippen LogP contribution in [0.2, 0.25) is 0 Å². The molecule has 3 aromatic carbocycles. The number of pyridine rings is 1. The number of ether oxygens (including phenoxy) is 3. The second-order valence-electron chi connectivity index (χ2n) is 19.5. The molecule has 0 radical (unpaired) electrons. The van der Waals surface area contributed by atoms with Gasteiger partial charge in [-0.3, -0.25) is 29.2 Å². The van der Waals surface area contributed by atoms with Crippen LogP contribution in [0, 0.1) is 18.3 Å². The van der Waals surface area contributed by atoms with Gasteiger partial charge in [0, 0.05) is 73.3 Å². The number of amides is 3. The molecule has 2 N–H and O–H groups in total. The van der Waals surface area contributed by atoms with Crippen molar-refractivity contribution in [1.29, 1.82) is 0 Å². The van der Waals surface area contributed by atoms with E-state index in [4.69, 9.17) is 14.2 Å². The molecule has 2 aliphatic heterocycles. The molecule has 3 amide bonds. The number of likely N-dealkylation sites (N-methyl/N-ethyl adjacent to an activating group) is 1. The molecular weight excluding hydrogens is 885 g/mol. The van der Waals surface area contributed by atoms with E-state index in [1.807, 2.05) is 51.4 Å². The SMILES string of the molecule is CCc1ccncc1-c1c2c3cc(ccc3n1CC)-c1cccc(c1)C[C@H](NC(=O)[C@H](C(C)C)N(C)C(=O)CCN=C=Nc1c(C)cc(OC)cc1OC)C(=O)N1CCC[C@H](N1)C(=O)OCC(C)(C)C2. The van der Waals surface area contributed by atoms with Gasteiger partial charge in [-0.15, -0.1) is 0 Å². The van der Waals surface area contributed by atoms with Crippen LogP contribution in [0.1, 0.15) is 83.1 Å². The van der Waals surface area contributed by atoms with Gasteiger partial charge in [0.15, 0.2) is 0 Å². The molecule has 0 unspecified atom stereocenters. The molecule has 7 rings (SSSR count). The number of cyclic esters (lactones) is 1. The minimum absolute atomic E-state index is 0.00320. The number of benzene rings is 3. The third kappa shape index (κ3) is 11.3. The van der Waals surface area contributed by atoms with Gasteiger partial charge in [-0.05, 0) is 103 Å². The van der Waals surface area contributed by atoms with Gasteiger partial charge in [0.05, 0.1) is 39.1 Å². The second kappa shape index (κ2) is 22.3. The number of aromatic nitrogens is 2. The number of hydrogen-bond acceptors (Lipinski definition) is 11. The zero-order valence-electron chi connectivity index (χ0n) is 42.3. The van der Waals surface area contributed by atoms with E-state index in [1.165, 1.54) is 21.0 Å². The molecule has 15 heteroatoms. The summed E-state index contributed by atoms with van der Waals surface area (Å²) in [5.74, 6) is -0.792. The standard InChI is InChI=1S/C55H68N8O7/c1-11-37-20-22-56-31-43(37)51-42-30-55(6,7)32-70-54(67)44-17-14-24-63(60-44)53(66)45(27-36-15-13-16-38(26-36)39-18-19-46(41(42)28-39)62(51)12-2)59-52(65)50(34(3)4)61(8)48(64)21-23-57-33-58-49-35(5)25-40(68-9)29-47(49)69-10/h13,15-16,18-20,22,25-26,28-29,31,34,44-45,50,60H,11-12,14,17,21,23-24,27,30,32H2,1-10H3,(H,59,65)/t44-,45-,50-/m0/s1. The molecule has 1 fully saturated rings. The van der Waals surface area contributed by atoms with E-state index in [1.54, 1.807) is 27.3 Å². The van der Waals surface area contributed by atoms with Gasteiger partial charge in [-0.1, -0.05) is 65.0 Å². The number of aryl methyl sites for hydroxylation is 3. The zero-order valence-corrected chi connectivity index (χ0v) is 42.3. The lowest BCUT2D eigenvalue weighted by molar-refractivity contribution is -0.155. The number of fused-ring (bicyclic) bond motifs is 6. The number of carbonyl (C=O) groups excluding carboxylic acids is 4. The first-order valence-electron chi connectivity index (χ1n) is 24.4. The maximum atomic E-state index is 14.7. The minimum Gasteiger partial charge on any atom is -0.497 e. The molecule has 0 spiro atoms. The summed E-state index contributed by atoms with van der Waals surface area (Å²) in [4.78, 5) is 71.4. The van der Waals surface area contributed by atoms with Crippen molar-refractivity contribution in [3.05, 3.63) is 95.3 Å². The average molecular weight is 953 g/mol. The summed E-state index contributed by atoms with van der Waals surface area (Å²) in [7, 11) is 4.71. The summed E-state index contributed by atoms with van der Waals surface area (Å²) in [6.45, 7) is 15.5. The molecule has 6 bridgehead atoms. The highest BCUT2D eigenvalue weighted by atomic mass is 16.5. The summed E-state index contributed by atoms with van der Waals surface area (Å²) >= 11 is 0. The fraction of sp³-hybridized carbons (Fsp3) is 0.455. The summed E-state index contributed by atoms with van der Waals surface area (Å²) in [5.41, 5.74) is 12.5. The van der Waals surface area contributed by atoms with E-state index in [2.05, 4.69) is 100 Å². The minimum atomic E-state index is -1.05. The molecule has 70 heavy (non-hydrogen) atoms. The van der Waals surface area contributed by atoms with Gasteiger partial charge in [-0.25, -0.2) is 10.4 Å². The van der Waals surface area contributed by atoms with Gasteiger partial charge in [-0.2, -0.15) is 4.99 Å². The van der Waals surface area contributed by atoms with Crippen LogP contribution in [0.5, 0.6) is 11.5 Å². The number of nitrogens with one attached hydrogen (secondary N) is 2. The number of methoxy groups -OCH3 is 2. The van der Waals surface area contributed by atoms with Gasteiger partial charge >= 0.3 is 5.97 Å². The Morgan fingerprint density at radius 1 is 1.06 bits per heavy atom. The third-order valence-corrected chi connectivity index (χ3v) is 13.4. The molecule has 15 nitrogen and oxygen atoms in total. The number of carbonyl (C=O) groups is 4. The Kier molecular flexibility index (Phi) is 16.2. The molecule has 0 aliphatic carbocycles. The van der Waals surface area contributed by atoms with E-state index in [-0.39, 0.29) is 37.8 Å². The Morgan fingerprint density at radius 2 is 1.84 bits per heavy atom. The van der Waals surface area contributed by atoms with Crippen LogP contribution in [0.15, 0.2) is 83.0 Å². The quantitative estimate of drug-likeness (QED) is 0.0871. The second-order valence-corrected chi connectivity index (χ2v) is 19.5. The van der Waals surface area contributed by atoms with Crippen molar-refractivity contribution in [2.45, 2.75) is 112 Å². The highest BCUT2D eigenvalue weighted by molar-refractivity contribution is 5.96. The lowest BCUT2D eigenvalue weighted by Gasteiger charge is -2.36. The molecule has 3 atom stereocenters. The topological polar surface area (TPSA) is 169 Å². The van der Waals surface area contributed by atoms with Crippen molar-refractivity contribution in [2.75, 3.05) is 41.0 Å². The molecule has 1 saturated heterocycles. The summed E-state index contributed by atoms with van der Waals surface area (Å²) in [6.07, 6.45) is 6.47. The van der Waals surface area contributed by atoms with E-state index >= 15 is 0 Å². The van der Waals surface area contributed by atoms with Gasteiger partial charge in [0.2, 0.25) is 11.8 Å². The van der Waals surface area contributed by atoms with Crippen molar-refractivity contribution in [1.82, 2.24) is 30.2 Å². The van der Waals surface area contributed by atoms with E-state index in [0.29, 0.717) is 43.0 Å². The highest BCUT2D eigenvalue weighted by Gasteiger charge is 2.37. The predicted octanol–water partition coefficient (Wildman–Crippen LogP) is 8.31. The Morgan fingerprint density at radius 3 is 2.57 bits per heavy atom. The monoisotopic (exact) mass is 953 g/mol. The van der Waals surface area contributed by atoms with Crippen LogP contribution in [0.3, 0.4) is 0 Å². The number of rotatable bonds is 13. The fourth-order valence-corrected chi connectivity index (χ4v) is 9.81. The lowest BCUT2D eigenvalue weighted by Crippen LogP contribution is -2.62. The maximum Gasteiger partial charge on any atom is 0.324 e. The molecule has 4 heterocycles. The molecular formula is C55H68N8O7. The van der Waals surface area contributed by atoms with E-state index < -0.39 is 41.3 Å². The van der Waals surface area contributed by atoms with Crippen LogP contribution >= 0.6 is 0 Å². The summed E-state index contributed by atoms with van der Waals surface area (Å²) < 4.78 is 19.3. The third-order valence-electron chi connectivity index (χ3n) is 13.4. The Hall–Kier alpha value is -6.83. The first-order valence-corrected chi connectivity index (χ1v) is 24.4. The smallest absolute Gasteiger partial charge is 0.324 e. The average Bonchev–Trinajstić information content (AvgIpc) is 3.65. The Labute approximate surface area is 411 Å². The normalized spacial score (nSPS) is 17.5.